The van der Waals surface area contributed by atoms with Crippen LogP contribution in [0.25, 0.3) is 0 Å². The largest absolute Gasteiger partial charge is 0.378 e. The highest BCUT2D eigenvalue weighted by Gasteiger charge is 2.25. The molecule has 0 heterocycles. The topological polar surface area (TPSA) is 66.0 Å². The molecule has 1 fully saturated rings. The number of rotatable bonds is 10. The van der Waals surface area contributed by atoms with Crippen LogP contribution in [0.1, 0.15) is 39.0 Å². The number of nitrogens with one attached hydrogen (secondary N) is 2. The summed E-state index contributed by atoms with van der Waals surface area (Å²) in [4.78, 5) is 17.6. The number of amides is 1. The van der Waals surface area contributed by atoms with Gasteiger partial charge in [0.05, 0.1) is 6.10 Å². The number of hydrogen-bond acceptors (Lipinski definition) is 3. The van der Waals surface area contributed by atoms with Crippen LogP contribution < -0.4 is 10.6 Å². The zero-order chi connectivity index (χ0) is 17.8. The lowest BCUT2D eigenvalue weighted by molar-refractivity contribution is -0.127. The Morgan fingerprint density at radius 2 is 2.08 bits per heavy atom. The minimum Gasteiger partial charge on any atom is -0.378 e. The Morgan fingerprint density at radius 3 is 2.67 bits per heavy atom. The quantitative estimate of drug-likeness (QED) is 0.362. The van der Waals surface area contributed by atoms with Gasteiger partial charge in [-0.05, 0) is 32.1 Å². The highest BCUT2D eigenvalue weighted by atomic mass is 16.5. The summed E-state index contributed by atoms with van der Waals surface area (Å²) in [6, 6.07) is 0. The second-order valence-electron chi connectivity index (χ2n) is 6.38. The molecular formula is C18H34N4O2. The average Bonchev–Trinajstić information content (AvgIpc) is 3.09. The van der Waals surface area contributed by atoms with Gasteiger partial charge in [0.1, 0.15) is 6.54 Å². The molecular weight excluding hydrogens is 304 g/mol. The van der Waals surface area contributed by atoms with Crippen LogP contribution in [-0.2, 0) is 9.53 Å². The van der Waals surface area contributed by atoms with E-state index in [2.05, 4.69) is 29.1 Å². The molecule has 1 saturated carbocycles. The van der Waals surface area contributed by atoms with Gasteiger partial charge in [-0.25, -0.2) is 4.99 Å². The lowest BCUT2D eigenvalue weighted by atomic mass is 9.98. The Morgan fingerprint density at radius 1 is 1.38 bits per heavy atom. The predicted octanol–water partition coefficient (Wildman–Crippen LogP) is 1.78. The first-order chi connectivity index (χ1) is 11.6. The zero-order valence-electron chi connectivity index (χ0n) is 15.5. The molecule has 1 atom stereocenters. The standard InChI is InChI=1S/C18H34N4O2/c1-5-12-19-18(21-14-17(23)22(3)4)20-13-11-16(24-6-2)15-9-7-8-10-15/h5,15-16H,1,6-14H2,2-4H3,(H2,19,20,21). The van der Waals surface area contributed by atoms with Crippen LogP contribution in [0.15, 0.2) is 17.6 Å². The second-order valence-corrected chi connectivity index (χ2v) is 6.38. The molecule has 1 rings (SSSR count). The van der Waals surface area contributed by atoms with Gasteiger partial charge in [0, 0.05) is 33.8 Å². The summed E-state index contributed by atoms with van der Waals surface area (Å²) in [6.07, 6.45) is 8.23. The van der Waals surface area contributed by atoms with E-state index < -0.39 is 0 Å². The molecule has 6 heteroatoms. The maximum absolute atomic E-state index is 11.7. The van der Waals surface area contributed by atoms with E-state index in [9.17, 15) is 4.79 Å². The van der Waals surface area contributed by atoms with Crippen LogP contribution in [0.3, 0.4) is 0 Å². The van der Waals surface area contributed by atoms with Gasteiger partial charge in [-0.2, -0.15) is 0 Å². The summed E-state index contributed by atoms with van der Waals surface area (Å²) in [5.41, 5.74) is 0. The molecule has 1 aliphatic rings. The number of carbonyl (C=O) groups is 1. The first kappa shape index (κ1) is 20.5. The van der Waals surface area contributed by atoms with Crippen LogP contribution in [0.4, 0.5) is 0 Å². The van der Waals surface area contributed by atoms with E-state index in [0.717, 1.165) is 19.6 Å². The lowest BCUT2D eigenvalue weighted by Crippen LogP contribution is -2.40. The van der Waals surface area contributed by atoms with Gasteiger partial charge in [-0.1, -0.05) is 18.9 Å². The third kappa shape index (κ3) is 7.81. The lowest BCUT2D eigenvalue weighted by Gasteiger charge is -2.24. The molecule has 0 aliphatic heterocycles. The van der Waals surface area contributed by atoms with E-state index in [4.69, 9.17) is 4.74 Å². The number of ether oxygens (including phenoxy) is 1. The van der Waals surface area contributed by atoms with E-state index in [1.165, 1.54) is 25.7 Å². The van der Waals surface area contributed by atoms with Crippen molar-refractivity contribution in [2.45, 2.75) is 45.1 Å². The minimum absolute atomic E-state index is 0.0205. The van der Waals surface area contributed by atoms with Crippen molar-refractivity contribution in [2.75, 3.05) is 40.3 Å². The molecule has 0 aromatic carbocycles. The van der Waals surface area contributed by atoms with E-state index in [0.29, 0.717) is 24.5 Å². The average molecular weight is 338 g/mol. The number of aliphatic imine (C=N–C) groups is 1. The van der Waals surface area contributed by atoms with Crippen molar-refractivity contribution in [1.82, 2.24) is 15.5 Å². The van der Waals surface area contributed by atoms with E-state index in [-0.39, 0.29) is 12.5 Å². The maximum Gasteiger partial charge on any atom is 0.243 e. The molecule has 138 valence electrons. The summed E-state index contributed by atoms with van der Waals surface area (Å²) in [6.45, 7) is 8.04. The fourth-order valence-electron chi connectivity index (χ4n) is 2.96. The summed E-state index contributed by atoms with van der Waals surface area (Å²) >= 11 is 0. The molecule has 0 saturated heterocycles. The summed E-state index contributed by atoms with van der Waals surface area (Å²) in [7, 11) is 3.47. The predicted molar refractivity (Wildman–Crippen MR) is 99.2 cm³/mol. The van der Waals surface area contributed by atoms with Gasteiger partial charge in [0.2, 0.25) is 5.91 Å². The fourth-order valence-corrected chi connectivity index (χ4v) is 2.96. The number of likely N-dealkylation sites (N-methyl/N-ethyl adjacent to an activating group) is 1. The van der Waals surface area contributed by atoms with Gasteiger partial charge in [0.15, 0.2) is 5.96 Å². The molecule has 1 amide bonds. The number of carbonyl (C=O) groups excluding carboxylic acids is 1. The zero-order valence-corrected chi connectivity index (χ0v) is 15.5. The Balaban J connectivity index is 2.47. The first-order valence-corrected chi connectivity index (χ1v) is 9.03. The van der Waals surface area contributed by atoms with Crippen molar-refractivity contribution < 1.29 is 9.53 Å². The van der Waals surface area contributed by atoms with Crippen molar-refractivity contribution in [3.05, 3.63) is 12.7 Å². The van der Waals surface area contributed by atoms with Crippen molar-refractivity contribution in [3.8, 4) is 0 Å². The fraction of sp³-hybridized carbons (Fsp3) is 0.778. The van der Waals surface area contributed by atoms with Gasteiger partial charge in [-0.15, -0.1) is 6.58 Å². The first-order valence-electron chi connectivity index (χ1n) is 9.03. The molecule has 1 unspecified atom stereocenters. The van der Waals surface area contributed by atoms with Gasteiger partial charge < -0.3 is 20.3 Å². The second kappa shape index (κ2) is 11.9. The Kier molecular flexibility index (Phi) is 10.2. The van der Waals surface area contributed by atoms with Crippen LogP contribution in [-0.4, -0.2) is 63.2 Å². The molecule has 0 aromatic rings. The van der Waals surface area contributed by atoms with Crippen molar-refractivity contribution >= 4 is 11.9 Å². The van der Waals surface area contributed by atoms with E-state index >= 15 is 0 Å². The Bertz CT molecular complexity index is 404. The summed E-state index contributed by atoms with van der Waals surface area (Å²) < 4.78 is 5.94. The Labute approximate surface area is 146 Å². The summed E-state index contributed by atoms with van der Waals surface area (Å²) in [5.74, 6) is 1.31. The highest BCUT2D eigenvalue weighted by molar-refractivity contribution is 5.84. The third-order valence-electron chi connectivity index (χ3n) is 4.31. The van der Waals surface area contributed by atoms with Gasteiger partial charge in [0.25, 0.3) is 0 Å². The SMILES string of the molecule is C=CCNC(=NCC(=O)N(C)C)NCCC(OCC)C1CCCC1. The molecule has 1 aliphatic carbocycles. The molecule has 0 aromatic heterocycles. The number of guanidine groups is 1. The minimum atomic E-state index is -0.0205. The highest BCUT2D eigenvalue weighted by Crippen LogP contribution is 2.30. The molecule has 0 spiro atoms. The monoisotopic (exact) mass is 338 g/mol. The number of hydrogen-bond donors (Lipinski definition) is 2. The molecule has 6 nitrogen and oxygen atoms in total. The Hall–Kier alpha value is -1.56. The van der Waals surface area contributed by atoms with Crippen LogP contribution in [0, 0.1) is 5.92 Å². The molecule has 2 N–H and O–H groups in total. The molecule has 0 radical (unpaired) electrons. The van der Waals surface area contributed by atoms with Gasteiger partial charge >= 0.3 is 0 Å². The van der Waals surface area contributed by atoms with E-state index in [1.807, 2.05) is 0 Å². The maximum atomic E-state index is 11.7. The van der Waals surface area contributed by atoms with Gasteiger partial charge in [-0.3, -0.25) is 4.79 Å². The molecule has 0 bridgehead atoms. The third-order valence-corrected chi connectivity index (χ3v) is 4.31. The van der Waals surface area contributed by atoms with Crippen molar-refractivity contribution in [3.63, 3.8) is 0 Å². The van der Waals surface area contributed by atoms with Crippen LogP contribution in [0.2, 0.25) is 0 Å². The van der Waals surface area contributed by atoms with Crippen LogP contribution in [0.5, 0.6) is 0 Å². The smallest absolute Gasteiger partial charge is 0.243 e. The van der Waals surface area contributed by atoms with Crippen molar-refractivity contribution in [1.29, 1.82) is 0 Å². The summed E-state index contributed by atoms with van der Waals surface area (Å²) in [5, 5.41) is 6.45. The van der Waals surface area contributed by atoms with E-state index in [1.54, 1.807) is 25.1 Å². The normalized spacial score (nSPS) is 16.7. The molecule has 24 heavy (non-hydrogen) atoms. The van der Waals surface area contributed by atoms with Crippen molar-refractivity contribution in [2.24, 2.45) is 10.9 Å². The number of nitrogens with zero attached hydrogens (tertiary/aromatic N) is 2. The van der Waals surface area contributed by atoms with Crippen LogP contribution >= 0.6 is 0 Å².